The lowest BCUT2D eigenvalue weighted by molar-refractivity contribution is -0.149. The van der Waals surface area contributed by atoms with E-state index >= 15 is 4.39 Å². The minimum atomic E-state index is -4.36. The summed E-state index contributed by atoms with van der Waals surface area (Å²) in [6, 6.07) is 7.30. The van der Waals surface area contributed by atoms with Crippen LogP contribution in [0.1, 0.15) is 52.1 Å². The van der Waals surface area contributed by atoms with Crippen molar-refractivity contribution in [1.82, 2.24) is 24.6 Å². The molecule has 1 unspecified atom stereocenters. The average Bonchev–Trinajstić information content (AvgIpc) is 3.48. The predicted octanol–water partition coefficient (Wildman–Crippen LogP) is 4.44. The number of alkyl halides is 2. The Kier molecular flexibility index (Phi) is 9.78. The Bertz CT molecular complexity index is 1510. The van der Waals surface area contributed by atoms with Crippen LogP contribution in [0.15, 0.2) is 36.7 Å². The number of nitrogens with one attached hydrogen (secondary N) is 2. The molecule has 5 rings (SSSR count). The molecule has 0 bridgehead atoms. The molecule has 16 heteroatoms. The van der Waals surface area contributed by atoms with Crippen LogP contribution in [-0.4, -0.2) is 79.1 Å². The van der Waals surface area contributed by atoms with Gasteiger partial charge in [0.05, 0.1) is 24.9 Å². The van der Waals surface area contributed by atoms with Crippen molar-refractivity contribution in [2.24, 2.45) is 0 Å². The number of carbonyl (C=O) groups is 1. The zero-order valence-corrected chi connectivity index (χ0v) is 26.5. The van der Waals surface area contributed by atoms with E-state index in [0.717, 1.165) is 19.3 Å². The van der Waals surface area contributed by atoms with Crippen molar-refractivity contribution in [1.29, 1.82) is 0 Å². The highest BCUT2D eigenvalue weighted by Gasteiger charge is 2.57. The number of imidazole rings is 1. The number of esters is 1. The lowest BCUT2D eigenvalue weighted by atomic mass is 9.93. The number of benzene rings is 1. The molecule has 0 amide bonds. The normalized spacial score (nSPS) is 25.9. The van der Waals surface area contributed by atoms with Crippen LogP contribution in [0.5, 0.6) is 5.75 Å². The molecular weight excluding hydrogens is 618 g/mol. The summed E-state index contributed by atoms with van der Waals surface area (Å²) >= 11 is 6.29. The Labute approximate surface area is 259 Å². The maximum atomic E-state index is 15.9. The van der Waals surface area contributed by atoms with Gasteiger partial charge in [0.1, 0.15) is 29.3 Å². The molecule has 1 aromatic carbocycles. The first-order valence-electron chi connectivity index (χ1n) is 14.4. The summed E-state index contributed by atoms with van der Waals surface area (Å²) in [5.41, 5.74) is -1.13. The topological polar surface area (TPSA) is 159 Å². The average molecular weight is 655 g/mol. The first-order chi connectivity index (χ1) is 20.9. The van der Waals surface area contributed by atoms with Gasteiger partial charge in [-0.05, 0) is 59.1 Å². The van der Waals surface area contributed by atoms with E-state index in [2.05, 4.69) is 25.4 Å². The first-order valence-corrected chi connectivity index (χ1v) is 16.5. The number of halogens is 2. The van der Waals surface area contributed by atoms with Gasteiger partial charge in [0.15, 0.2) is 29.4 Å². The number of aromatic nitrogens is 4. The summed E-state index contributed by atoms with van der Waals surface area (Å²) in [6.45, 7) is 5.84. The molecule has 0 radical (unpaired) electrons. The first kappa shape index (κ1) is 32.5. The van der Waals surface area contributed by atoms with E-state index in [0.29, 0.717) is 22.8 Å². The fourth-order valence-corrected chi connectivity index (χ4v) is 6.73. The zero-order valence-electron chi connectivity index (χ0n) is 24.9. The second kappa shape index (κ2) is 13.2. The van der Waals surface area contributed by atoms with Gasteiger partial charge in [-0.15, -0.1) is 11.6 Å². The van der Waals surface area contributed by atoms with Gasteiger partial charge < -0.3 is 24.4 Å². The number of rotatable bonds is 13. The lowest BCUT2D eigenvalue weighted by Crippen LogP contribution is -2.48. The number of carbonyl (C=O) groups excluding carboxylic acids is 1. The highest BCUT2D eigenvalue weighted by Crippen LogP contribution is 2.49. The van der Waals surface area contributed by atoms with Crippen LogP contribution < -0.4 is 14.9 Å². The Balaban J connectivity index is 1.39. The van der Waals surface area contributed by atoms with Gasteiger partial charge in [-0.25, -0.2) is 23.9 Å². The molecule has 2 aromatic heterocycles. The van der Waals surface area contributed by atoms with Gasteiger partial charge in [-0.1, -0.05) is 18.2 Å². The van der Waals surface area contributed by atoms with Crippen molar-refractivity contribution >= 4 is 42.3 Å². The van der Waals surface area contributed by atoms with Gasteiger partial charge in [-0.2, -0.15) is 5.09 Å². The van der Waals surface area contributed by atoms with Crippen LogP contribution >= 0.6 is 19.3 Å². The fraction of sp³-hybridized carbons (Fsp3) is 0.571. The molecule has 3 N–H and O–H groups in total. The number of para-hydroxylation sites is 1. The number of anilines is 1. The van der Waals surface area contributed by atoms with E-state index in [1.165, 1.54) is 17.8 Å². The largest absolute Gasteiger partial charge is 0.462 e. The number of ether oxygens (including phenoxy) is 2. The van der Waals surface area contributed by atoms with E-state index in [1.54, 1.807) is 51.1 Å². The SMILES string of the molecule is Cc1nc(NC2CCC2)c2ncn([C@@H]3O[C@](CCl)(COP(=O)(N[C@@H](C)C(=O)OC(C)C)Oc4ccccc4)[C@@H](O)[C@@H]3F)c2n1. The molecule has 3 aromatic rings. The minimum Gasteiger partial charge on any atom is -0.462 e. The van der Waals surface area contributed by atoms with Gasteiger partial charge >= 0.3 is 13.7 Å². The van der Waals surface area contributed by atoms with E-state index in [4.69, 9.17) is 30.1 Å². The standard InChI is InChI=1S/C28H37ClFN6O7P/c1-16(2)41-27(38)17(3)35-44(39,43-20-11-6-5-7-12-20)40-14-28(13-29)23(37)21(30)26(42-28)36-15-31-22-24(34-19-9-8-10-19)32-18(4)33-25(22)36/h5-7,11-12,15-17,19,21,23,26,37H,8-10,13-14H2,1-4H3,(H,35,39)(H,32,33,34)/t17-,21-,23-,26+,28+,44?/m0/s1. The molecule has 2 fully saturated rings. The van der Waals surface area contributed by atoms with Crippen molar-refractivity contribution in [3.63, 3.8) is 0 Å². The summed E-state index contributed by atoms with van der Waals surface area (Å²) in [5.74, 6) is 0.0255. The van der Waals surface area contributed by atoms with E-state index in [-0.39, 0.29) is 11.8 Å². The summed E-state index contributed by atoms with van der Waals surface area (Å²) in [6.07, 6.45) is -1.09. The third kappa shape index (κ3) is 6.85. The Morgan fingerprint density at radius 1 is 1.27 bits per heavy atom. The Morgan fingerprint density at radius 2 is 2.00 bits per heavy atom. The van der Waals surface area contributed by atoms with Crippen molar-refractivity contribution in [2.75, 3.05) is 17.8 Å². The number of nitrogens with zero attached hydrogens (tertiary/aromatic N) is 4. The van der Waals surface area contributed by atoms with Crippen LogP contribution in [0.4, 0.5) is 10.2 Å². The fourth-order valence-electron chi connectivity index (χ4n) is 4.89. The maximum absolute atomic E-state index is 15.9. The molecule has 2 aliphatic rings. The summed E-state index contributed by atoms with van der Waals surface area (Å²) in [4.78, 5) is 25.8. The third-order valence-electron chi connectivity index (χ3n) is 7.45. The molecule has 1 saturated carbocycles. The molecule has 3 heterocycles. The zero-order chi connectivity index (χ0) is 31.6. The second-order valence-electron chi connectivity index (χ2n) is 11.3. The molecule has 1 saturated heterocycles. The highest BCUT2D eigenvalue weighted by atomic mass is 35.5. The quantitative estimate of drug-likeness (QED) is 0.135. The summed E-state index contributed by atoms with van der Waals surface area (Å²) in [5, 5.41) is 17.0. The van der Waals surface area contributed by atoms with Gasteiger partial charge in [-0.3, -0.25) is 13.9 Å². The monoisotopic (exact) mass is 654 g/mol. The molecule has 13 nitrogen and oxygen atoms in total. The molecule has 1 aliphatic carbocycles. The van der Waals surface area contributed by atoms with Crippen LogP contribution in [0.2, 0.25) is 0 Å². The lowest BCUT2D eigenvalue weighted by Gasteiger charge is -2.31. The van der Waals surface area contributed by atoms with Gasteiger partial charge in [0.2, 0.25) is 0 Å². The minimum absolute atomic E-state index is 0.174. The van der Waals surface area contributed by atoms with E-state index in [1.807, 2.05) is 0 Å². The van der Waals surface area contributed by atoms with Gasteiger partial charge in [0.25, 0.3) is 0 Å². The number of fused-ring (bicyclic) bond motifs is 1. The molecule has 0 spiro atoms. The Morgan fingerprint density at radius 3 is 2.64 bits per heavy atom. The number of aliphatic hydroxyl groups excluding tert-OH is 1. The van der Waals surface area contributed by atoms with E-state index < -0.39 is 62.5 Å². The Hall–Kier alpha value is -2.87. The molecule has 1 aliphatic heterocycles. The van der Waals surface area contributed by atoms with Crippen LogP contribution in [0.3, 0.4) is 0 Å². The second-order valence-corrected chi connectivity index (χ2v) is 13.3. The van der Waals surface area contributed by atoms with Crippen molar-refractivity contribution in [2.45, 2.75) is 89.2 Å². The van der Waals surface area contributed by atoms with Crippen molar-refractivity contribution < 1.29 is 37.4 Å². The molecule has 240 valence electrons. The number of hydrogen-bond donors (Lipinski definition) is 3. The number of aryl methyl sites for hydroxylation is 1. The maximum Gasteiger partial charge on any atom is 0.459 e. The molecule has 44 heavy (non-hydrogen) atoms. The molecule has 6 atom stereocenters. The smallest absolute Gasteiger partial charge is 0.459 e. The number of aliphatic hydroxyl groups is 1. The highest BCUT2D eigenvalue weighted by molar-refractivity contribution is 7.52. The number of hydrogen-bond acceptors (Lipinski definition) is 11. The third-order valence-corrected chi connectivity index (χ3v) is 9.53. The van der Waals surface area contributed by atoms with Crippen LogP contribution in [0.25, 0.3) is 11.2 Å². The summed E-state index contributed by atoms with van der Waals surface area (Å²) < 4.78 is 53.9. The predicted molar refractivity (Wildman–Crippen MR) is 160 cm³/mol. The molecular formula is C28H37ClFN6O7P. The van der Waals surface area contributed by atoms with Crippen molar-refractivity contribution in [3.05, 3.63) is 42.5 Å². The van der Waals surface area contributed by atoms with Gasteiger partial charge in [0, 0.05) is 6.04 Å². The van der Waals surface area contributed by atoms with Crippen molar-refractivity contribution in [3.8, 4) is 5.75 Å². The van der Waals surface area contributed by atoms with Crippen LogP contribution in [0, 0.1) is 6.92 Å². The van der Waals surface area contributed by atoms with E-state index in [9.17, 15) is 14.5 Å². The van der Waals surface area contributed by atoms with Crippen LogP contribution in [-0.2, 0) is 23.4 Å². The summed E-state index contributed by atoms with van der Waals surface area (Å²) in [7, 11) is -4.36.